The predicted molar refractivity (Wildman–Crippen MR) is 45.9 cm³/mol. The Morgan fingerprint density at radius 2 is 2.10 bits per heavy atom. The van der Waals surface area contributed by atoms with Gasteiger partial charge in [-0.05, 0) is 30.6 Å². The van der Waals surface area contributed by atoms with Crippen molar-refractivity contribution >= 4 is 0 Å². The lowest BCUT2D eigenvalue weighted by Gasteiger charge is -2.18. The Bertz CT molecular complexity index is 131. The second-order valence-corrected chi connectivity index (χ2v) is 4.27. The molecule has 0 N–H and O–H groups in total. The molecule has 0 aromatic heterocycles. The Hall–Kier alpha value is -0.260. The Labute approximate surface area is 64.3 Å². The third kappa shape index (κ3) is 2.17. The van der Waals surface area contributed by atoms with Gasteiger partial charge in [-0.15, -0.1) is 0 Å². The van der Waals surface area contributed by atoms with Crippen LogP contribution in [-0.2, 0) is 0 Å². The normalized spacial score (nSPS) is 31.7. The lowest BCUT2D eigenvalue weighted by molar-refractivity contribution is 0.389. The molecule has 0 bridgehead atoms. The van der Waals surface area contributed by atoms with E-state index in [-0.39, 0.29) is 0 Å². The number of hydrogen-bond acceptors (Lipinski definition) is 0. The molecule has 1 rings (SSSR count). The average molecular weight is 138 g/mol. The van der Waals surface area contributed by atoms with Gasteiger partial charge in [0, 0.05) is 0 Å². The number of rotatable bonds is 0. The Morgan fingerprint density at radius 1 is 1.40 bits per heavy atom. The molecule has 0 aromatic carbocycles. The maximum Gasteiger partial charge on any atom is -0.0175 e. The summed E-state index contributed by atoms with van der Waals surface area (Å²) in [5, 5.41) is 0. The van der Waals surface area contributed by atoms with Crippen LogP contribution in [0.1, 0.15) is 40.0 Å². The first-order valence-corrected chi connectivity index (χ1v) is 4.28. The highest BCUT2D eigenvalue weighted by Crippen LogP contribution is 2.30. The van der Waals surface area contributed by atoms with Gasteiger partial charge in [0.25, 0.3) is 0 Å². The average Bonchev–Trinajstić information content (AvgIpc) is 1.94. The van der Waals surface area contributed by atoms with Gasteiger partial charge in [-0.3, -0.25) is 0 Å². The van der Waals surface area contributed by atoms with Crippen molar-refractivity contribution in [3.63, 3.8) is 0 Å². The summed E-state index contributed by atoms with van der Waals surface area (Å²) in [6.45, 7) is 6.98. The van der Waals surface area contributed by atoms with E-state index in [1.807, 2.05) is 0 Å². The summed E-state index contributed by atoms with van der Waals surface area (Å²) in [6, 6.07) is 0. The van der Waals surface area contributed by atoms with Crippen LogP contribution >= 0.6 is 0 Å². The van der Waals surface area contributed by atoms with Crippen molar-refractivity contribution in [2.45, 2.75) is 40.0 Å². The molecular formula is C10H18. The van der Waals surface area contributed by atoms with Gasteiger partial charge >= 0.3 is 0 Å². The highest BCUT2D eigenvalue weighted by molar-refractivity contribution is 4.98. The van der Waals surface area contributed by atoms with Gasteiger partial charge < -0.3 is 0 Å². The van der Waals surface area contributed by atoms with Crippen molar-refractivity contribution in [2.75, 3.05) is 0 Å². The predicted octanol–water partition coefficient (Wildman–Crippen LogP) is 3.39. The topological polar surface area (TPSA) is 0 Å². The molecule has 1 aliphatic rings. The fourth-order valence-electron chi connectivity index (χ4n) is 1.44. The van der Waals surface area contributed by atoms with Crippen LogP contribution < -0.4 is 0 Å². The highest BCUT2D eigenvalue weighted by atomic mass is 14.2. The van der Waals surface area contributed by atoms with E-state index in [0.29, 0.717) is 5.41 Å². The molecule has 58 valence electrons. The molecule has 0 amide bonds. The van der Waals surface area contributed by atoms with Gasteiger partial charge in [0.05, 0.1) is 0 Å². The molecule has 0 spiro atoms. The van der Waals surface area contributed by atoms with Gasteiger partial charge in [0.2, 0.25) is 0 Å². The van der Waals surface area contributed by atoms with Crippen molar-refractivity contribution < 1.29 is 0 Å². The lowest BCUT2D eigenvalue weighted by atomic mass is 9.87. The van der Waals surface area contributed by atoms with Crippen molar-refractivity contribution in [1.82, 2.24) is 0 Å². The molecule has 1 atom stereocenters. The zero-order valence-electron chi connectivity index (χ0n) is 7.35. The van der Waals surface area contributed by atoms with Crippen LogP contribution in [0.5, 0.6) is 0 Å². The third-order valence-corrected chi connectivity index (χ3v) is 2.39. The standard InChI is InChI=1S/C10H18/c1-9-5-4-7-10(2,3)8-6-9/h4,7,9H,5-6,8H2,1-3H3. The lowest BCUT2D eigenvalue weighted by Crippen LogP contribution is -2.06. The largest absolute Gasteiger partial charge is 0.0877 e. The second-order valence-electron chi connectivity index (χ2n) is 4.27. The van der Waals surface area contributed by atoms with Gasteiger partial charge in [0.15, 0.2) is 0 Å². The highest BCUT2D eigenvalue weighted by Gasteiger charge is 2.17. The zero-order chi connectivity index (χ0) is 7.61. The molecular weight excluding hydrogens is 120 g/mol. The SMILES string of the molecule is CC1CC=CC(C)(C)CC1. The molecule has 0 heteroatoms. The summed E-state index contributed by atoms with van der Waals surface area (Å²) in [5.41, 5.74) is 0.463. The first kappa shape index (κ1) is 7.84. The summed E-state index contributed by atoms with van der Waals surface area (Å²) >= 11 is 0. The first-order valence-electron chi connectivity index (χ1n) is 4.28. The van der Waals surface area contributed by atoms with E-state index in [1.54, 1.807) is 0 Å². The van der Waals surface area contributed by atoms with E-state index in [1.165, 1.54) is 19.3 Å². The van der Waals surface area contributed by atoms with E-state index in [0.717, 1.165) is 5.92 Å². The van der Waals surface area contributed by atoms with E-state index < -0.39 is 0 Å². The summed E-state index contributed by atoms with van der Waals surface area (Å²) in [6.07, 6.45) is 8.74. The quantitative estimate of drug-likeness (QED) is 0.450. The van der Waals surface area contributed by atoms with Gasteiger partial charge in [-0.25, -0.2) is 0 Å². The van der Waals surface area contributed by atoms with E-state index in [9.17, 15) is 0 Å². The first-order chi connectivity index (χ1) is 4.60. The maximum atomic E-state index is 2.37. The molecule has 0 nitrogen and oxygen atoms in total. The van der Waals surface area contributed by atoms with Crippen LogP contribution in [0.2, 0.25) is 0 Å². The minimum absolute atomic E-state index is 0.463. The van der Waals surface area contributed by atoms with Crippen molar-refractivity contribution in [2.24, 2.45) is 11.3 Å². The van der Waals surface area contributed by atoms with E-state index >= 15 is 0 Å². The fraction of sp³-hybridized carbons (Fsp3) is 0.800. The minimum atomic E-state index is 0.463. The number of allylic oxidation sites excluding steroid dienone is 2. The van der Waals surface area contributed by atoms with Crippen LogP contribution in [0.15, 0.2) is 12.2 Å². The molecule has 0 saturated heterocycles. The summed E-state index contributed by atoms with van der Waals surface area (Å²) < 4.78 is 0. The van der Waals surface area contributed by atoms with Crippen LogP contribution in [0.3, 0.4) is 0 Å². The second kappa shape index (κ2) is 2.77. The Morgan fingerprint density at radius 3 is 2.80 bits per heavy atom. The van der Waals surface area contributed by atoms with Crippen LogP contribution in [0.25, 0.3) is 0 Å². The summed E-state index contributed by atoms with van der Waals surface area (Å²) in [7, 11) is 0. The fourth-order valence-corrected chi connectivity index (χ4v) is 1.44. The van der Waals surface area contributed by atoms with Crippen LogP contribution in [0.4, 0.5) is 0 Å². The van der Waals surface area contributed by atoms with Crippen molar-refractivity contribution in [3.8, 4) is 0 Å². The smallest absolute Gasteiger partial charge is 0.0175 e. The molecule has 0 aromatic rings. The molecule has 1 aliphatic carbocycles. The molecule has 0 radical (unpaired) electrons. The molecule has 1 unspecified atom stereocenters. The summed E-state index contributed by atoms with van der Waals surface area (Å²) in [5.74, 6) is 0.901. The molecule has 0 saturated carbocycles. The third-order valence-electron chi connectivity index (χ3n) is 2.39. The Balaban J connectivity index is 2.55. The van der Waals surface area contributed by atoms with Gasteiger partial charge in [-0.1, -0.05) is 32.9 Å². The van der Waals surface area contributed by atoms with Crippen molar-refractivity contribution in [3.05, 3.63) is 12.2 Å². The van der Waals surface area contributed by atoms with E-state index in [4.69, 9.17) is 0 Å². The molecule has 0 heterocycles. The zero-order valence-corrected chi connectivity index (χ0v) is 7.35. The minimum Gasteiger partial charge on any atom is -0.0877 e. The Kier molecular flexibility index (Phi) is 2.18. The van der Waals surface area contributed by atoms with Crippen molar-refractivity contribution in [1.29, 1.82) is 0 Å². The molecule has 10 heavy (non-hydrogen) atoms. The monoisotopic (exact) mass is 138 g/mol. The maximum absolute atomic E-state index is 2.37. The molecule has 0 aliphatic heterocycles. The van der Waals surface area contributed by atoms with Gasteiger partial charge in [-0.2, -0.15) is 0 Å². The van der Waals surface area contributed by atoms with Gasteiger partial charge in [0.1, 0.15) is 0 Å². The van der Waals surface area contributed by atoms with Crippen LogP contribution in [-0.4, -0.2) is 0 Å². The summed E-state index contributed by atoms with van der Waals surface area (Å²) in [4.78, 5) is 0. The number of hydrogen-bond donors (Lipinski definition) is 0. The molecule has 0 fully saturated rings. The van der Waals surface area contributed by atoms with Crippen LogP contribution in [0, 0.1) is 11.3 Å². The van der Waals surface area contributed by atoms with E-state index in [2.05, 4.69) is 32.9 Å².